The molecule has 0 heterocycles. The summed E-state index contributed by atoms with van der Waals surface area (Å²) in [6.45, 7) is 1.29. The number of methoxy groups -OCH3 is 2. The zero-order valence-electron chi connectivity index (χ0n) is 16.5. The monoisotopic (exact) mass is 531 g/mol. The third-order valence-corrected chi connectivity index (χ3v) is 5.80. The summed E-state index contributed by atoms with van der Waals surface area (Å²) in [5.41, 5.74) is 4.04. The van der Waals surface area contributed by atoms with Gasteiger partial charge < -0.3 is 9.47 Å². The molecule has 0 saturated carbocycles. The lowest BCUT2D eigenvalue weighted by atomic mass is 10.1. The van der Waals surface area contributed by atoms with Gasteiger partial charge in [0, 0.05) is 9.64 Å². The number of anilines is 1. The number of benzene rings is 2. The van der Waals surface area contributed by atoms with E-state index in [-0.39, 0.29) is 5.69 Å². The molecule has 0 fully saturated rings. The standard InChI is InChI=1S/C19H22IN3O5S/c1-13(14-5-7-15(20)8-6-14)21-22-19(24)12-23(29(4,25)26)17-11-16(27-2)9-10-18(17)28-3/h5-11H,12H2,1-4H3,(H,22,24)/b21-13-. The van der Waals surface area contributed by atoms with E-state index in [1.165, 1.54) is 20.3 Å². The largest absolute Gasteiger partial charge is 0.497 e. The summed E-state index contributed by atoms with van der Waals surface area (Å²) in [6.07, 6.45) is 1.01. The highest BCUT2D eigenvalue weighted by atomic mass is 127. The van der Waals surface area contributed by atoms with Crippen LogP contribution in [0.3, 0.4) is 0 Å². The maximum Gasteiger partial charge on any atom is 0.260 e. The van der Waals surface area contributed by atoms with Crippen molar-refractivity contribution >= 4 is 49.9 Å². The van der Waals surface area contributed by atoms with Crippen molar-refractivity contribution in [2.45, 2.75) is 6.92 Å². The highest BCUT2D eigenvalue weighted by Gasteiger charge is 2.24. The van der Waals surface area contributed by atoms with Crippen molar-refractivity contribution < 1.29 is 22.7 Å². The van der Waals surface area contributed by atoms with Crippen LogP contribution >= 0.6 is 22.6 Å². The minimum Gasteiger partial charge on any atom is -0.497 e. The van der Waals surface area contributed by atoms with E-state index in [0.717, 1.165) is 19.7 Å². The second-order valence-corrected chi connectivity index (χ2v) is 9.20. The Morgan fingerprint density at radius 3 is 2.34 bits per heavy atom. The minimum atomic E-state index is -3.78. The van der Waals surface area contributed by atoms with E-state index in [0.29, 0.717) is 17.2 Å². The lowest BCUT2D eigenvalue weighted by Crippen LogP contribution is -2.39. The van der Waals surface area contributed by atoms with E-state index in [2.05, 4.69) is 33.1 Å². The van der Waals surface area contributed by atoms with E-state index in [1.807, 2.05) is 24.3 Å². The Hall–Kier alpha value is -2.34. The van der Waals surface area contributed by atoms with Crippen molar-refractivity contribution in [3.05, 3.63) is 51.6 Å². The molecule has 2 aromatic carbocycles. The predicted octanol–water partition coefficient (Wildman–Crippen LogP) is 2.61. The Morgan fingerprint density at radius 2 is 1.79 bits per heavy atom. The molecule has 29 heavy (non-hydrogen) atoms. The predicted molar refractivity (Wildman–Crippen MR) is 121 cm³/mol. The molecule has 0 unspecified atom stereocenters. The van der Waals surface area contributed by atoms with Crippen LogP contribution in [0.5, 0.6) is 11.5 Å². The molecule has 0 spiro atoms. The number of nitrogens with zero attached hydrogens (tertiary/aromatic N) is 2. The molecule has 156 valence electrons. The van der Waals surface area contributed by atoms with Gasteiger partial charge in [-0.05, 0) is 59.3 Å². The van der Waals surface area contributed by atoms with Crippen molar-refractivity contribution in [1.82, 2.24) is 5.43 Å². The Bertz CT molecular complexity index is 1010. The molecule has 2 aromatic rings. The number of rotatable bonds is 8. The number of hydrogen-bond acceptors (Lipinski definition) is 6. The Kier molecular flexibility index (Phi) is 7.85. The fourth-order valence-electron chi connectivity index (χ4n) is 2.44. The van der Waals surface area contributed by atoms with Crippen LogP contribution < -0.4 is 19.2 Å². The van der Waals surface area contributed by atoms with Gasteiger partial charge in [0.15, 0.2) is 0 Å². The molecule has 10 heteroatoms. The molecule has 0 aromatic heterocycles. The van der Waals surface area contributed by atoms with Gasteiger partial charge in [-0.3, -0.25) is 9.10 Å². The molecule has 1 N–H and O–H groups in total. The average molecular weight is 531 g/mol. The average Bonchev–Trinajstić information content (AvgIpc) is 2.69. The molecular weight excluding hydrogens is 509 g/mol. The lowest BCUT2D eigenvalue weighted by Gasteiger charge is -2.23. The maximum atomic E-state index is 12.4. The van der Waals surface area contributed by atoms with Gasteiger partial charge in [0.1, 0.15) is 18.0 Å². The quantitative estimate of drug-likeness (QED) is 0.321. The van der Waals surface area contributed by atoms with Crippen LogP contribution in [-0.2, 0) is 14.8 Å². The number of hydrogen-bond donors (Lipinski definition) is 1. The first-order chi connectivity index (χ1) is 13.7. The molecule has 0 aliphatic heterocycles. The second-order valence-electron chi connectivity index (χ2n) is 6.05. The van der Waals surface area contributed by atoms with Crippen LogP contribution in [0.2, 0.25) is 0 Å². The molecule has 0 bridgehead atoms. The number of nitrogens with one attached hydrogen (secondary N) is 1. The molecule has 1 amide bonds. The van der Waals surface area contributed by atoms with Crippen molar-refractivity contribution in [2.24, 2.45) is 5.10 Å². The Morgan fingerprint density at radius 1 is 1.14 bits per heavy atom. The van der Waals surface area contributed by atoms with Crippen LogP contribution in [0.1, 0.15) is 12.5 Å². The summed E-state index contributed by atoms with van der Waals surface area (Å²) in [5.74, 6) is 0.134. The SMILES string of the molecule is COc1ccc(OC)c(N(CC(=O)N/N=C(/C)c2ccc(I)cc2)S(C)(=O)=O)c1. The van der Waals surface area contributed by atoms with E-state index in [4.69, 9.17) is 9.47 Å². The van der Waals surface area contributed by atoms with Gasteiger partial charge in [-0.1, -0.05) is 12.1 Å². The van der Waals surface area contributed by atoms with Gasteiger partial charge in [0.2, 0.25) is 10.0 Å². The normalized spacial score (nSPS) is 11.7. The van der Waals surface area contributed by atoms with Crippen molar-refractivity contribution in [2.75, 3.05) is 31.3 Å². The Balaban J connectivity index is 2.24. The number of hydrazone groups is 1. The van der Waals surface area contributed by atoms with Gasteiger partial charge in [0.05, 0.1) is 31.9 Å². The first-order valence-corrected chi connectivity index (χ1v) is 11.4. The number of sulfonamides is 1. The fraction of sp³-hybridized carbons (Fsp3) is 0.263. The maximum absolute atomic E-state index is 12.4. The minimum absolute atomic E-state index is 0.197. The fourth-order valence-corrected chi connectivity index (χ4v) is 3.65. The molecule has 0 aliphatic carbocycles. The molecule has 0 atom stereocenters. The van der Waals surface area contributed by atoms with Crippen LogP contribution in [0.15, 0.2) is 47.6 Å². The third-order valence-electron chi connectivity index (χ3n) is 3.95. The molecule has 0 saturated heterocycles. The highest BCUT2D eigenvalue weighted by Crippen LogP contribution is 2.33. The second kappa shape index (κ2) is 9.92. The smallest absolute Gasteiger partial charge is 0.260 e. The summed E-state index contributed by atoms with van der Waals surface area (Å²) < 4.78 is 37.1. The van der Waals surface area contributed by atoms with Crippen molar-refractivity contribution in [1.29, 1.82) is 0 Å². The summed E-state index contributed by atoms with van der Waals surface area (Å²) in [6, 6.07) is 12.3. The zero-order valence-corrected chi connectivity index (χ0v) is 19.4. The van der Waals surface area contributed by atoms with Gasteiger partial charge in [-0.25, -0.2) is 13.8 Å². The number of halogens is 1. The summed E-state index contributed by atoms with van der Waals surface area (Å²) in [4.78, 5) is 12.4. The van der Waals surface area contributed by atoms with Crippen LogP contribution in [-0.4, -0.2) is 47.1 Å². The summed E-state index contributed by atoms with van der Waals surface area (Å²) >= 11 is 2.20. The molecule has 0 aliphatic rings. The summed E-state index contributed by atoms with van der Waals surface area (Å²) in [5, 5.41) is 4.07. The van der Waals surface area contributed by atoms with Crippen LogP contribution in [0.25, 0.3) is 0 Å². The van der Waals surface area contributed by atoms with Gasteiger partial charge in [0.25, 0.3) is 5.91 Å². The topological polar surface area (TPSA) is 97.3 Å². The van der Waals surface area contributed by atoms with Gasteiger partial charge >= 0.3 is 0 Å². The van der Waals surface area contributed by atoms with Gasteiger partial charge in [-0.15, -0.1) is 0 Å². The number of carbonyl (C=O) groups is 1. The number of ether oxygens (including phenoxy) is 2. The number of carbonyl (C=O) groups excluding carboxylic acids is 1. The van der Waals surface area contributed by atoms with Crippen LogP contribution in [0.4, 0.5) is 5.69 Å². The molecule has 0 radical (unpaired) electrons. The van der Waals surface area contributed by atoms with Gasteiger partial charge in [-0.2, -0.15) is 5.10 Å². The molecule has 2 rings (SSSR count). The van der Waals surface area contributed by atoms with Crippen molar-refractivity contribution in [3.63, 3.8) is 0 Å². The van der Waals surface area contributed by atoms with Crippen molar-refractivity contribution in [3.8, 4) is 11.5 Å². The van der Waals surface area contributed by atoms with E-state index >= 15 is 0 Å². The van der Waals surface area contributed by atoms with E-state index < -0.39 is 22.5 Å². The first kappa shape index (κ1) is 22.9. The molecular formula is C19H22IN3O5S. The lowest BCUT2D eigenvalue weighted by molar-refractivity contribution is -0.119. The van der Waals surface area contributed by atoms with Crippen LogP contribution in [0, 0.1) is 3.57 Å². The highest BCUT2D eigenvalue weighted by molar-refractivity contribution is 14.1. The van der Waals surface area contributed by atoms with E-state index in [9.17, 15) is 13.2 Å². The molecule has 8 nitrogen and oxygen atoms in total. The third kappa shape index (κ3) is 6.32. The van der Waals surface area contributed by atoms with E-state index in [1.54, 1.807) is 19.1 Å². The summed E-state index contributed by atoms with van der Waals surface area (Å²) in [7, 11) is -0.898. The number of amides is 1. The Labute approximate surface area is 184 Å². The first-order valence-electron chi connectivity index (χ1n) is 8.44. The zero-order chi connectivity index (χ0) is 21.6.